The largest absolute Gasteiger partial charge is 0.417 e. The highest BCUT2D eigenvalue weighted by atomic mass is 19.4. The summed E-state index contributed by atoms with van der Waals surface area (Å²) in [7, 11) is 0. The van der Waals surface area contributed by atoms with Gasteiger partial charge >= 0.3 is 6.18 Å². The van der Waals surface area contributed by atoms with Crippen molar-refractivity contribution in [3.63, 3.8) is 0 Å². The fraction of sp³-hybridized carbons (Fsp3) is 0.357. The van der Waals surface area contributed by atoms with E-state index < -0.39 is 11.7 Å². The summed E-state index contributed by atoms with van der Waals surface area (Å²) in [6.45, 7) is 2.99. The van der Waals surface area contributed by atoms with Gasteiger partial charge in [-0.25, -0.2) is 0 Å². The minimum atomic E-state index is -4.43. The molecule has 1 aliphatic heterocycles. The van der Waals surface area contributed by atoms with Crippen LogP contribution >= 0.6 is 0 Å². The van der Waals surface area contributed by atoms with E-state index in [0.29, 0.717) is 18.8 Å². The number of piperazine rings is 1. The summed E-state index contributed by atoms with van der Waals surface area (Å²) in [6, 6.07) is 5.40. The molecular formula is C14H14F3N3O. The molecule has 0 amide bonds. The zero-order chi connectivity index (χ0) is 14.9. The SMILES string of the molecule is FC(F)(F)c1ccccc1-c1oncc1N1CCNCC1. The van der Waals surface area contributed by atoms with Crippen LogP contribution in [0.1, 0.15) is 5.56 Å². The van der Waals surface area contributed by atoms with Crippen molar-refractivity contribution in [2.24, 2.45) is 0 Å². The molecule has 1 aromatic carbocycles. The van der Waals surface area contributed by atoms with Crippen molar-refractivity contribution < 1.29 is 17.7 Å². The molecule has 0 spiro atoms. The van der Waals surface area contributed by atoms with E-state index in [0.717, 1.165) is 19.2 Å². The van der Waals surface area contributed by atoms with Crippen LogP contribution in [-0.2, 0) is 6.18 Å². The minimum Gasteiger partial charge on any atom is -0.365 e. The van der Waals surface area contributed by atoms with Gasteiger partial charge in [-0.05, 0) is 6.07 Å². The monoisotopic (exact) mass is 297 g/mol. The van der Waals surface area contributed by atoms with Crippen LogP contribution in [-0.4, -0.2) is 31.3 Å². The molecule has 3 rings (SSSR count). The number of halogens is 3. The average Bonchev–Trinajstić information content (AvgIpc) is 2.96. The van der Waals surface area contributed by atoms with Gasteiger partial charge in [0, 0.05) is 31.7 Å². The second-order valence-corrected chi connectivity index (χ2v) is 4.82. The smallest absolute Gasteiger partial charge is 0.365 e. The first kappa shape index (κ1) is 13.9. The summed E-state index contributed by atoms with van der Waals surface area (Å²) in [5.41, 5.74) is -0.0811. The van der Waals surface area contributed by atoms with Gasteiger partial charge in [-0.1, -0.05) is 23.4 Å². The predicted octanol–water partition coefficient (Wildman–Crippen LogP) is 2.77. The number of aromatic nitrogens is 1. The van der Waals surface area contributed by atoms with E-state index in [1.807, 2.05) is 4.90 Å². The van der Waals surface area contributed by atoms with Gasteiger partial charge in [0.25, 0.3) is 0 Å². The molecule has 1 aromatic heterocycles. The molecule has 2 heterocycles. The summed E-state index contributed by atoms with van der Waals surface area (Å²) < 4.78 is 44.5. The van der Waals surface area contributed by atoms with E-state index in [1.165, 1.54) is 18.3 Å². The van der Waals surface area contributed by atoms with E-state index >= 15 is 0 Å². The molecule has 0 bridgehead atoms. The highest BCUT2D eigenvalue weighted by molar-refractivity contribution is 5.75. The lowest BCUT2D eigenvalue weighted by molar-refractivity contribution is -0.137. The Bertz CT molecular complexity index is 618. The Morgan fingerprint density at radius 2 is 1.86 bits per heavy atom. The van der Waals surface area contributed by atoms with Crippen molar-refractivity contribution >= 4 is 5.69 Å². The van der Waals surface area contributed by atoms with Crippen LogP contribution in [0.2, 0.25) is 0 Å². The Balaban J connectivity index is 2.04. The van der Waals surface area contributed by atoms with Crippen LogP contribution in [0.15, 0.2) is 35.0 Å². The van der Waals surface area contributed by atoms with Crippen molar-refractivity contribution in [1.82, 2.24) is 10.5 Å². The molecule has 0 atom stereocenters. The van der Waals surface area contributed by atoms with Gasteiger partial charge in [0.1, 0.15) is 5.69 Å². The number of hydrogen-bond acceptors (Lipinski definition) is 4. The lowest BCUT2D eigenvalue weighted by atomic mass is 10.0. The van der Waals surface area contributed by atoms with Crippen LogP contribution in [0.4, 0.5) is 18.9 Å². The molecule has 2 aromatic rings. The molecule has 0 saturated carbocycles. The quantitative estimate of drug-likeness (QED) is 0.925. The maximum atomic E-state index is 13.1. The van der Waals surface area contributed by atoms with E-state index in [1.54, 1.807) is 6.07 Å². The second-order valence-electron chi connectivity index (χ2n) is 4.82. The van der Waals surface area contributed by atoms with Gasteiger partial charge in [0.15, 0.2) is 5.76 Å². The van der Waals surface area contributed by atoms with Crippen molar-refractivity contribution in [3.8, 4) is 11.3 Å². The molecule has 21 heavy (non-hydrogen) atoms. The molecule has 1 aliphatic rings. The average molecular weight is 297 g/mol. The third kappa shape index (κ3) is 2.73. The zero-order valence-corrected chi connectivity index (χ0v) is 11.2. The predicted molar refractivity (Wildman–Crippen MR) is 72.0 cm³/mol. The molecule has 1 N–H and O–H groups in total. The van der Waals surface area contributed by atoms with Crippen molar-refractivity contribution in [3.05, 3.63) is 36.0 Å². The molecule has 0 aliphatic carbocycles. The van der Waals surface area contributed by atoms with E-state index in [9.17, 15) is 13.2 Å². The maximum Gasteiger partial charge on any atom is 0.417 e. The maximum absolute atomic E-state index is 13.1. The summed E-state index contributed by atoms with van der Waals surface area (Å²) in [5, 5.41) is 6.89. The highest BCUT2D eigenvalue weighted by Gasteiger charge is 2.35. The van der Waals surface area contributed by atoms with Gasteiger partial charge in [0.05, 0.1) is 11.8 Å². The lowest BCUT2D eigenvalue weighted by Gasteiger charge is -2.28. The number of anilines is 1. The minimum absolute atomic E-state index is 0.0241. The van der Waals surface area contributed by atoms with Crippen molar-refractivity contribution in [2.75, 3.05) is 31.1 Å². The lowest BCUT2D eigenvalue weighted by Crippen LogP contribution is -2.43. The molecule has 1 fully saturated rings. The van der Waals surface area contributed by atoms with Crippen LogP contribution in [0.5, 0.6) is 0 Å². The molecule has 0 unspecified atom stereocenters. The topological polar surface area (TPSA) is 41.3 Å². The zero-order valence-electron chi connectivity index (χ0n) is 11.2. The number of nitrogens with zero attached hydrogens (tertiary/aromatic N) is 2. The van der Waals surface area contributed by atoms with E-state index in [2.05, 4.69) is 10.5 Å². The van der Waals surface area contributed by atoms with E-state index in [-0.39, 0.29) is 11.3 Å². The molecule has 7 heteroatoms. The molecule has 0 radical (unpaired) electrons. The van der Waals surface area contributed by atoms with Crippen LogP contribution in [0, 0.1) is 0 Å². The summed E-state index contributed by atoms with van der Waals surface area (Å²) in [5.74, 6) is 0.171. The van der Waals surface area contributed by atoms with Crippen LogP contribution in [0.25, 0.3) is 11.3 Å². The third-order valence-electron chi connectivity index (χ3n) is 3.49. The first-order chi connectivity index (χ1) is 10.1. The van der Waals surface area contributed by atoms with Gasteiger partial charge in [-0.15, -0.1) is 0 Å². The Hall–Kier alpha value is -2.02. The molecule has 1 saturated heterocycles. The Kier molecular flexibility index (Phi) is 3.59. The second kappa shape index (κ2) is 5.40. The third-order valence-corrected chi connectivity index (χ3v) is 3.49. The molecule has 4 nitrogen and oxygen atoms in total. The summed E-state index contributed by atoms with van der Waals surface area (Å²) >= 11 is 0. The van der Waals surface area contributed by atoms with Gasteiger partial charge < -0.3 is 14.7 Å². The number of rotatable bonds is 2. The van der Waals surface area contributed by atoms with Crippen molar-refractivity contribution in [1.29, 1.82) is 0 Å². The van der Waals surface area contributed by atoms with E-state index in [4.69, 9.17) is 4.52 Å². The molecule has 112 valence electrons. The first-order valence-corrected chi connectivity index (χ1v) is 6.64. The number of alkyl halides is 3. The van der Waals surface area contributed by atoms with Crippen LogP contribution < -0.4 is 10.2 Å². The Morgan fingerprint density at radius 1 is 1.14 bits per heavy atom. The standard InChI is InChI=1S/C14H14F3N3O/c15-14(16,17)11-4-2-1-3-10(11)13-12(9-19-21-13)20-7-5-18-6-8-20/h1-4,9,18H,5-8H2. The van der Waals surface area contributed by atoms with Crippen LogP contribution in [0.3, 0.4) is 0 Å². The first-order valence-electron chi connectivity index (χ1n) is 6.64. The fourth-order valence-electron chi connectivity index (χ4n) is 2.48. The van der Waals surface area contributed by atoms with Gasteiger partial charge in [-0.2, -0.15) is 13.2 Å². The molecular weight excluding hydrogens is 283 g/mol. The highest BCUT2D eigenvalue weighted by Crippen LogP contribution is 2.40. The van der Waals surface area contributed by atoms with Gasteiger partial charge in [0.2, 0.25) is 0 Å². The van der Waals surface area contributed by atoms with Gasteiger partial charge in [-0.3, -0.25) is 0 Å². The normalized spacial score (nSPS) is 16.2. The summed E-state index contributed by atoms with van der Waals surface area (Å²) in [6.07, 6.45) is -2.95. The number of nitrogens with one attached hydrogen (secondary N) is 1. The summed E-state index contributed by atoms with van der Waals surface area (Å²) in [4.78, 5) is 1.98. The number of hydrogen-bond donors (Lipinski definition) is 1. The Morgan fingerprint density at radius 3 is 2.57 bits per heavy atom. The fourth-order valence-corrected chi connectivity index (χ4v) is 2.48. The Labute approximate surface area is 119 Å². The van der Waals surface area contributed by atoms with Crippen molar-refractivity contribution in [2.45, 2.75) is 6.18 Å². The number of benzene rings is 1.